The molecule has 0 unspecified atom stereocenters. The van der Waals surface area contributed by atoms with Gasteiger partial charge in [-0.15, -0.1) is 0 Å². The van der Waals surface area contributed by atoms with Crippen molar-refractivity contribution in [2.45, 2.75) is 50.7 Å². The van der Waals surface area contributed by atoms with Crippen molar-refractivity contribution in [1.82, 2.24) is 25.4 Å². The van der Waals surface area contributed by atoms with E-state index < -0.39 is 12.2 Å². The normalized spacial score (nSPS) is 13.8. The van der Waals surface area contributed by atoms with Crippen LogP contribution >= 0.6 is 0 Å². The quantitative estimate of drug-likeness (QED) is 0.0636. The number of phenols is 1. The first kappa shape index (κ1) is 42.6. The number of likely N-dealkylation sites (tertiary alicyclic amines) is 1. The van der Waals surface area contributed by atoms with Crippen molar-refractivity contribution in [2.24, 2.45) is 0 Å². The number of carbonyl (C=O) groups excluding carboxylic acids is 3. The van der Waals surface area contributed by atoms with Gasteiger partial charge in [-0.1, -0.05) is 78.9 Å². The topological polar surface area (TPSA) is 176 Å². The molecule has 0 spiro atoms. The number of phenolic OH excluding ortho intramolecular Hbond substituents is 1. The second kappa shape index (κ2) is 21.1. The van der Waals surface area contributed by atoms with E-state index in [-0.39, 0.29) is 42.2 Å². The molecule has 1 aromatic heterocycles. The molecule has 59 heavy (non-hydrogen) atoms. The number of benzene rings is 4. The van der Waals surface area contributed by atoms with Gasteiger partial charge in [0.2, 0.25) is 17.4 Å². The summed E-state index contributed by atoms with van der Waals surface area (Å²) in [6, 6.07) is 31.5. The number of piperidine rings is 1. The lowest BCUT2D eigenvalue weighted by Gasteiger charge is -2.31. The Hall–Kier alpha value is -6.02. The number of aliphatic hydroxyl groups is 1. The van der Waals surface area contributed by atoms with Crippen molar-refractivity contribution in [3.63, 3.8) is 0 Å². The Morgan fingerprint density at radius 1 is 0.915 bits per heavy atom. The Balaban J connectivity index is 0.819. The number of amides is 3. The van der Waals surface area contributed by atoms with E-state index >= 15 is 0 Å². The van der Waals surface area contributed by atoms with Crippen LogP contribution in [0.4, 0.5) is 10.5 Å². The van der Waals surface area contributed by atoms with Crippen molar-refractivity contribution < 1.29 is 29.3 Å². The van der Waals surface area contributed by atoms with Crippen LogP contribution in [0.1, 0.15) is 48.5 Å². The Kier molecular flexibility index (Phi) is 15.2. The van der Waals surface area contributed by atoms with E-state index in [1.165, 1.54) is 12.1 Å². The zero-order valence-electron chi connectivity index (χ0n) is 33.5. The van der Waals surface area contributed by atoms with Crippen LogP contribution in [0, 0.1) is 0 Å². The minimum absolute atomic E-state index is 0.0511. The zero-order chi connectivity index (χ0) is 41.6. The third-order valence-corrected chi connectivity index (χ3v) is 10.7. The van der Waals surface area contributed by atoms with Crippen LogP contribution in [0.3, 0.4) is 0 Å². The van der Waals surface area contributed by atoms with Gasteiger partial charge in [-0.2, -0.15) is 0 Å². The smallest absolute Gasteiger partial charge is 0.411 e. The lowest BCUT2D eigenvalue weighted by molar-refractivity contribution is -0.130. The molecule has 1 fully saturated rings. The van der Waals surface area contributed by atoms with Gasteiger partial charge in [-0.25, -0.2) is 4.79 Å². The molecular weight excluding hydrogens is 749 g/mol. The van der Waals surface area contributed by atoms with Crippen LogP contribution < -0.4 is 21.5 Å². The number of ether oxygens (including phenoxy) is 1. The van der Waals surface area contributed by atoms with Gasteiger partial charge in [-0.3, -0.25) is 19.7 Å². The van der Waals surface area contributed by atoms with Crippen molar-refractivity contribution in [3.8, 4) is 16.9 Å². The highest BCUT2D eigenvalue weighted by molar-refractivity contribution is 5.91. The molecule has 1 saturated heterocycles. The van der Waals surface area contributed by atoms with Gasteiger partial charge in [0.25, 0.3) is 0 Å². The molecule has 0 saturated carbocycles. The van der Waals surface area contributed by atoms with E-state index in [1.54, 1.807) is 24.1 Å². The summed E-state index contributed by atoms with van der Waals surface area (Å²) in [6.45, 7) is 4.03. The summed E-state index contributed by atoms with van der Waals surface area (Å²) in [5.41, 5.74) is 5.19. The van der Waals surface area contributed by atoms with Crippen molar-refractivity contribution in [3.05, 3.63) is 130 Å². The van der Waals surface area contributed by atoms with E-state index in [0.717, 1.165) is 35.3 Å². The van der Waals surface area contributed by atoms with Crippen LogP contribution in [0.15, 0.2) is 108 Å². The number of para-hydroxylation sites is 1. The summed E-state index contributed by atoms with van der Waals surface area (Å²) in [5.74, 6) is -0.0788. The third-order valence-electron chi connectivity index (χ3n) is 10.7. The number of hydrogen-bond donors (Lipinski definition) is 6. The molecule has 3 amide bonds. The highest BCUT2D eigenvalue weighted by Crippen LogP contribution is 2.29. The number of rotatable bonds is 18. The zero-order valence-corrected chi connectivity index (χ0v) is 33.5. The molecule has 6 N–H and O–H groups in total. The highest BCUT2D eigenvalue weighted by Gasteiger charge is 2.24. The summed E-state index contributed by atoms with van der Waals surface area (Å²) in [5, 5.41) is 30.7. The number of hydrogen-bond acceptors (Lipinski definition) is 9. The number of aliphatic hydroxyl groups excluding tert-OH is 1. The minimum Gasteiger partial charge on any atom is -0.506 e. The van der Waals surface area contributed by atoms with Gasteiger partial charge in [0.15, 0.2) is 0 Å². The third kappa shape index (κ3) is 12.5. The van der Waals surface area contributed by atoms with Crippen LogP contribution in [0.25, 0.3) is 22.0 Å². The average Bonchev–Trinajstić information content (AvgIpc) is 3.24. The van der Waals surface area contributed by atoms with Crippen LogP contribution in [-0.4, -0.2) is 102 Å². The standard InChI is InChI=1S/C46H54N6O7/c1-51(44(57)22-28-52-26-20-35(21-27-52)59-46(58)49-39-14-6-5-13-36(39)34-11-3-2-4-12-34)25-8-23-48-43(56)30-33-10-7-9-32(29-33)19-24-47-31-41(54)37-15-17-40(53)45-38(37)16-18-42(55)50-45/h2-7,9-18,29,35,41,47,53-54H,8,19-28,30-31H2,1H3,(H,48,56)(H,49,58)(H,50,55)/t41-/m0/s1. The largest absolute Gasteiger partial charge is 0.506 e. The molecule has 1 atom stereocenters. The SMILES string of the molecule is CN(CCCNC(=O)Cc1cccc(CCNC[C@H](O)c2ccc(O)c3[nH]c(=O)ccc23)c1)C(=O)CCN1CCC(OC(=O)Nc2ccccc2-c2ccccc2)CC1. The number of fused-ring (bicyclic) bond motifs is 1. The lowest BCUT2D eigenvalue weighted by atomic mass is 10.0. The van der Waals surface area contributed by atoms with Gasteiger partial charge >= 0.3 is 6.09 Å². The first-order valence-corrected chi connectivity index (χ1v) is 20.3. The van der Waals surface area contributed by atoms with Crippen molar-refractivity contribution in [2.75, 3.05) is 58.2 Å². The van der Waals surface area contributed by atoms with Gasteiger partial charge in [0.05, 0.1) is 23.7 Å². The fourth-order valence-electron chi connectivity index (χ4n) is 7.39. The molecule has 13 nitrogen and oxygen atoms in total. The van der Waals surface area contributed by atoms with Crippen LogP contribution in [0.2, 0.25) is 0 Å². The summed E-state index contributed by atoms with van der Waals surface area (Å²) >= 11 is 0. The predicted octanol–water partition coefficient (Wildman–Crippen LogP) is 5.38. The molecule has 13 heteroatoms. The molecule has 1 aliphatic heterocycles. The van der Waals surface area contributed by atoms with E-state index in [9.17, 15) is 29.4 Å². The Bertz CT molecular complexity index is 2240. The molecule has 0 radical (unpaired) electrons. The van der Waals surface area contributed by atoms with E-state index in [1.807, 2.05) is 78.9 Å². The van der Waals surface area contributed by atoms with Crippen molar-refractivity contribution >= 4 is 34.5 Å². The lowest BCUT2D eigenvalue weighted by Crippen LogP contribution is -2.40. The number of aromatic nitrogens is 1. The second-order valence-electron chi connectivity index (χ2n) is 15.0. The van der Waals surface area contributed by atoms with Crippen LogP contribution in [0.5, 0.6) is 5.75 Å². The molecule has 5 aromatic rings. The number of anilines is 1. The first-order chi connectivity index (χ1) is 28.6. The number of aromatic amines is 1. The number of nitrogens with zero attached hydrogens (tertiary/aromatic N) is 2. The van der Waals surface area contributed by atoms with E-state index in [4.69, 9.17) is 4.74 Å². The number of pyridine rings is 1. The minimum atomic E-state index is -0.842. The summed E-state index contributed by atoms with van der Waals surface area (Å²) in [4.78, 5) is 56.6. The molecule has 2 heterocycles. The Morgan fingerprint density at radius 2 is 1.68 bits per heavy atom. The average molecular weight is 803 g/mol. The Morgan fingerprint density at radius 3 is 2.49 bits per heavy atom. The molecule has 0 aliphatic carbocycles. The maximum atomic E-state index is 12.9. The molecular formula is C46H54N6O7. The molecule has 310 valence electrons. The van der Waals surface area contributed by atoms with Gasteiger partial charge < -0.3 is 40.4 Å². The fourth-order valence-corrected chi connectivity index (χ4v) is 7.39. The molecule has 1 aliphatic rings. The molecule has 6 rings (SSSR count). The fraction of sp³-hybridized carbons (Fsp3) is 0.348. The number of aromatic hydroxyl groups is 1. The van der Waals surface area contributed by atoms with E-state index in [2.05, 4.69) is 25.8 Å². The summed E-state index contributed by atoms with van der Waals surface area (Å²) in [6.07, 6.45) is 1.91. The Labute approximate surface area is 344 Å². The van der Waals surface area contributed by atoms with Crippen LogP contribution in [-0.2, 0) is 27.2 Å². The van der Waals surface area contributed by atoms with E-state index in [0.29, 0.717) is 80.4 Å². The van der Waals surface area contributed by atoms with Gasteiger partial charge in [0, 0.05) is 69.8 Å². The first-order valence-electron chi connectivity index (χ1n) is 20.3. The van der Waals surface area contributed by atoms with Crippen molar-refractivity contribution in [1.29, 1.82) is 0 Å². The molecule has 0 bridgehead atoms. The maximum Gasteiger partial charge on any atom is 0.411 e. The number of H-pyrrole nitrogens is 1. The van der Waals surface area contributed by atoms with Gasteiger partial charge in [-0.05, 0) is 72.7 Å². The monoisotopic (exact) mass is 802 g/mol. The second-order valence-corrected chi connectivity index (χ2v) is 15.0. The highest BCUT2D eigenvalue weighted by atomic mass is 16.6. The molecule has 4 aromatic carbocycles. The number of nitrogens with one attached hydrogen (secondary N) is 4. The maximum absolute atomic E-state index is 12.9. The number of carbonyl (C=O) groups is 3. The summed E-state index contributed by atoms with van der Waals surface area (Å²) in [7, 11) is 1.79. The predicted molar refractivity (Wildman–Crippen MR) is 229 cm³/mol. The van der Waals surface area contributed by atoms with Gasteiger partial charge in [0.1, 0.15) is 11.9 Å². The summed E-state index contributed by atoms with van der Waals surface area (Å²) < 4.78 is 5.76.